The van der Waals surface area contributed by atoms with Gasteiger partial charge < -0.3 is 9.80 Å². The molecular formula is C72H60N2. The molecule has 2 heteroatoms. The van der Waals surface area contributed by atoms with E-state index in [4.69, 9.17) is 0 Å². The van der Waals surface area contributed by atoms with Gasteiger partial charge in [-0.15, -0.1) is 0 Å². The molecule has 0 radical (unpaired) electrons. The van der Waals surface area contributed by atoms with E-state index in [2.05, 4.69) is 306 Å². The predicted octanol–water partition coefficient (Wildman–Crippen LogP) is 20.8. The summed E-state index contributed by atoms with van der Waals surface area (Å²) in [5, 5.41) is 7.57. The lowest BCUT2D eigenvalue weighted by atomic mass is 9.81. The highest BCUT2D eigenvalue weighted by Gasteiger charge is 2.23. The van der Waals surface area contributed by atoms with Crippen LogP contribution in [-0.4, -0.2) is 0 Å². The van der Waals surface area contributed by atoms with E-state index in [0.717, 1.165) is 34.1 Å². The van der Waals surface area contributed by atoms with E-state index in [0.29, 0.717) is 0 Å². The zero-order chi connectivity index (χ0) is 50.6. The second-order valence-corrected chi connectivity index (χ2v) is 21.8. The molecule has 0 saturated heterocycles. The number of hydrogen-bond donors (Lipinski definition) is 0. The maximum atomic E-state index is 2.45. The van der Waals surface area contributed by atoms with Crippen LogP contribution in [0.3, 0.4) is 0 Å². The van der Waals surface area contributed by atoms with Crippen LogP contribution in [0.2, 0.25) is 0 Å². The molecule has 0 N–H and O–H groups in total. The normalized spacial score (nSPS) is 11.9. The Balaban J connectivity index is 1.10. The molecule has 0 aliphatic carbocycles. The average molecular weight is 953 g/mol. The Morgan fingerprint density at radius 3 is 0.676 bits per heavy atom. The summed E-state index contributed by atoms with van der Waals surface area (Å²) in [5.74, 6) is 0. The van der Waals surface area contributed by atoms with Crippen LogP contribution in [0.1, 0.15) is 52.7 Å². The van der Waals surface area contributed by atoms with Gasteiger partial charge >= 0.3 is 0 Å². The Morgan fingerprint density at radius 2 is 0.446 bits per heavy atom. The number of anilines is 6. The van der Waals surface area contributed by atoms with Crippen LogP contribution >= 0.6 is 0 Å². The molecule has 12 aromatic rings. The predicted molar refractivity (Wildman–Crippen MR) is 319 cm³/mol. The number of nitrogens with zero attached hydrogens (tertiary/aromatic N) is 2. The second-order valence-electron chi connectivity index (χ2n) is 21.8. The molecule has 74 heavy (non-hydrogen) atoms. The van der Waals surface area contributed by atoms with Crippen LogP contribution in [0.5, 0.6) is 0 Å². The molecule has 0 atom stereocenters. The summed E-state index contributed by atoms with van der Waals surface area (Å²) in [6, 6.07) is 94.1. The highest BCUT2D eigenvalue weighted by molar-refractivity contribution is 6.32. The highest BCUT2D eigenvalue weighted by atomic mass is 15.1. The standard InChI is InChI=1S/C72H60N2/c1-71(2,3)53-35-27-49(28-36-53)65-47-67(51-31-39-59(40-32-51)73(55-19-11-7-12-20-55)56-21-13-8-14-22-56)63-45-46-64-68(52-33-41-60(42-34-52)74(57-23-15-9-16-24-57)58-25-17-10-18-26-58)48-66(62-44-43-61(65)69(63)70(62)64)50-29-37-54(38-30-50)72(4,5)6/h7-48H,1-6H3. The first-order chi connectivity index (χ1) is 36.0. The first kappa shape index (κ1) is 46.4. The quantitative estimate of drug-likeness (QED) is 0.126. The number of para-hydroxylation sites is 4. The lowest BCUT2D eigenvalue weighted by Gasteiger charge is -2.26. The summed E-state index contributed by atoms with van der Waals surface area (Å²) in [4.78, 5) is 4.67. The van der Waals surface area contributed by atoms with Crippen molar-refractivity contribution in [2.24, 2.45) is 0 Å². The van der Waals surface area contributed by atoms with Crippen molar-refractivity contribution in [1.29, 1.82) is 0 Å². The number of hydrogen-bond acceptors (Lipinski definition) is 2. The van der Waals surface area contributed by atoms with Crippen molar-refractivity contribution in [2.75, 3.05) is 9.80 Å². The van der Waals surface area contributed by atoms with Gasteiger partial charge in [0.1, 0.15) is 0 Å². The van der Waals surface area contributed by atoms with Gasteiger partial charge in [-0.2, -0.15) is 0 Å². The molecule has 0 aliphatic rings. The first-order valence-corrected chi connectivity index (χ1v) is 26.0. The van der Waals surface area contributed by atoms with Crippen LogP contribution in [0.25, 0.3) is 76.8 Å². The topological polar surface area (TPSA) is 6.48 Å². The highest BCUT2D eigenvalue weighted by Crippen LogP contribution is 2.50. The van der Waals surface area contributed by atoms with E-state index in [9.17, 15) is 0 Å². The van der Waals surface area contributed by atoms with Crippen molar-refractivity contribution >= 4 is 66.4 Å². The molecule has 0 fully saturated rings. The van der Waals surface area contributed by atoms with Gasteiger partial charge in [-0.05, 0) is 184 Å². The zero-order valence-corrected chi connectivity index (χ0v) is 43.1. The minimum absolute atomic E-state index is 0.0406. The molecule has 0 unspecified atom stereocenters. The van der Waals surface area contributed by atoms with Crippen LogP contribution in [0.4, 0.5) is 34.1 Å². The molecule has 0 amide bonds. The summed E-state index contributed by atoms with van der Waals surface area (Å²) in [6.45, 7) is 13.7. The van der Waals surface area contributed by atoms with Crippen molar-refractivity contribution in [3.8, 4) is 44.5 Å². The average Bonchev–Trinajstić information content (AvgIpc) is 3.43. The molecule has 0 spiro atoms. The number of rotatable bonds is 10. The minimum atomic E-state index is 0.0406. The Labute approximate surface area is 436 Å². The lowest BCUT2D eigenvalue weighted by Crippen LogP contribution is -2.10. The van der Waals surface area contributed by atoms with Crippen LogP contribution in [-0.2, 0) is 10.8 Å². The van der Waals surface area contributed by atoms with Crippen molar-refractivity contribution in [1.82, 2.24) is 0 Å². The Kier molecular flexibility index (Phi) is 11.7. The van der Waals surface area contributed by atoms with Gasteiger partial charge in [-0.1, -0.05) is 211 Å². The van der Waals surface area contributed by atoms with Crippen molar-refractivity contribution < 1.29 is 0 Å². The van der Waals surface area contributed by atoms with Crippen molar-refractivity contribution in [3.05, 3.63) is 266 Å². The first-order valence-electron chi connectivity index (χ1n) is 26.0. The van der Waals surface area contributed by atoms with E-state index in [1.54, 1.807) is 0 Å². The molecule has 12 aromatic carbocycles. The Hall–Kier alpha value is -8.72. The minimum Gasteiger partial charge on any atom is -0.311 e. The summed E-state index contributed by atoms with van der Waals surface area (Å²) in [6.07, 6.45) is 0. The van der Waals surface area contributed by atoms with E-state index >= 15 is 0 Å². The van der Waals surface area contributed by atoms with Gasteiger partial charge in [0.2, 0.25) is 0 Å². The molecule has 0 aromatic heterocycles. The fraction of sp³-hybridized carbons (Fsp3) is 0.111. The van der Waals surface area contributed by atoms with Gasteiger partial charge in [0.05, 0.1) is 0 Å². The lowest BCUT2D eigenvalue weighted by molar-refractivity contribution is 0.590. The van der Waals surface area contributed by atoms with E-state index in [1.165, 1.54) is 88.0 Å². The summed E-state index contributed by atoms with van der Waals surface area (Å²) in [7, 11) is 0. The molecule has 0 saturated carbocycles. The largest absolute Gasteiger partial charge is 0.311 e. The molecule has 0 heterocycles. The van der Waals surface area contributed by atoms with Crippen LogP contribution < -0.4 is 9.80 Å². The Morgan fingerprint density at radius 1 is 0.230 bits per heavy atom. The van der Waals surface area contributed by atoms with Gasteiger partial charge in [0.25, 0.3) is 0 Å². The van der Waals surface area contributed by atoms with Crippen LogP contribution in [0.15, 0.2) is 255 Å². The second kappa shape index (κ2) is 18.7. The smallest absolute Gasteiger partial charge is 0.0462 e. The molecule has 0 aliphatic heterocycles. The molecule has 0 bridgehead atoms. The van der Waals surface area contributed by atoms with Gasteiger partial charge in [-0.3, -0.25) is 0 Å². The molecular weight excluding hydrogens is 893 g/mol. The molecule has 358 valence electrons. The van der Waals surface area contributed by atoms with E-state index in [1.807, 2.05) is 0 Å². The van der Waals surface area contributed by atoms with Crippen molar-refractivity contribution in [2.45, 2.75) is 52.4 Å². The maximum absolute atomic E-state index is 2.45. The van der Waals surface area contributed by atoms with Gasteiger partial charge in [0.15, 0.2) is 0 Å². The molecule has 12 rings (SSSR count). The van der Waals surface area contributed by atoms with Gasteiger partial charge in [0, 0.05) is 34.1 Å². The SMILES string of the molecule is CC(C)(C)c1ccc(-c2cc(-c3ccc(N(c4ccccc4)c4ccccc4)cc3)c3ccc4c(-c5ccc(N(c6ccccc6)c6ccccc6)cc5)cc(-c5ccc(C(C)(C)C)cc5)c5ccc2c3c45)cc1. The molecule has 2 nitrogen and oxygen atoms in total. The summed E-state index contributed by atoms with van der Waals surface area (Å²) in [5.41, 5.74) is 19.1. The third-order valence-electron chi connectivity index (χ3n) is 15.0. The fourth-order valence-corrected chi connectivity index (χ4v) is 11.0. The summed E-state index contributed by atoms with van der Waals surface area (Å²) < 4.78 is 0. The Bertz CT molecular complexity index is 3550. The fourth-order valence-electron chi connectivity index (χ4n) is 11.0. The van der Waals surface area contributed by atoms with Crippen LogP contribution in [0, 0.1) is 0 Å². The maximum Gasteiger partial charge on any atom is 0.0462 e. The monoisotopic (exact) mass is 952 g/mol. The van der Waals surface area contributed by atoms with E-state index in [-0.39, 0.29) is 10.8 Å². The van der Waals surface area contributed by atoms with Crippen molar-refractivity contribution in [3.63, 3.8) is 0 Å². The zero-order valence-electron chi connectivity index (χ0n) is 43.1. The third-order valence-corrected chi connectivity index (χ3v) is 15.0. The van der Waals surface area contributed by atoms with Gasteiger partial charge in [-0.25, -0.2) is 0 Å². The van der Waals surface area contributed by atoms with E-state index < -0.39 is 0 Å². The third kappa shape index (κ3) is 8.57. The summed E-state index contributed by atoms with van der Waals surface area (Å²) >= 11 is 0. The number of benzene rings is 12.